The monoisotopic (exact) mass is 347 g/mol. The number of hydrogen-bond donors (Lipinski definition) is 1. The number of benzene rings is 1. The predicted molar refractivity (Wildman–Crippen MR) is 91.1 cm³/mol. The number of rotatable bonds is 3. The van der Waals surface area contributed by atoms with E-state index in [0.717, 1.165) is 19.3 Å². The number of carbonyl (C=O) groups excluding carboxylic acids is 1. The summed E-state index contributed by atoms with van der Waals surface area (Å²) in [5, 5.41) is 12.3. The van der Waals surface area contributed by atoms with Crippen LogP contribution in [0.25, 0.3) is 0 Å². The Morgan fingerprint density at radius 1 is 1.21 bits per heavy atom. The summed E-state index contributed by atoms with van der Waals surface area (Å²) in [4.78, 5) is 12.6. The molecule has 1 aliphatic heterocycles. The van der Waals surface area contributed by atoms with Gasteiger partial charge in [-0.1, -0.05) is 25.3 Å². The van der Waals surface area contributed by atoms with Gasteiger partial charge in [0.2, 0.25) is 10.0 Å². The van der Waals surface area contributed by atoms with E-state index in [-0.39, 0.29) is 11.7 Å². The van der Waals surface area contributed by atoms with Crippen LogP contribution in [0.4, 0.5) is 5.69 Å². The molecule has 0 atom stereocenters. The van der Waals surface area contributed by atoms with Gasteiger partial charge in [0.05, 0.1) is 17.5 Å². The number of carbonyl (C=O) groups is 1. The lowest BCUT2D eigenvalue weighted by Gasteiger charge is -2.31. The van der Waals surface area contributed by atoms with E-state index >= 15 is 0 Å². The number of nitriles is 1. The highest BCUT2D eigenvalue weighted by Gasteiger charge is 2.34. The number of anilines is 1. The summed E-state index contributed by atoms with van der Waals surface area (Å²) < 4.78 is 25.4. The van der Waals surface area contributed by atoms with Gasteiger partial charge in [0.15, 0.2) is 0 Å². The Morgan fingerprint density at radius 3 is 2.58 bits per heavy atom. The lowest BCUT2D eigenvalue weighted by molar-refractivity contribution is 0.0902. The van der Waals surface area contributed by atoms with Gasteiger partial charge in [0.1, 0.15) is 5.54 Å². The van der Waals surface area contributed by atoms with E-state index in [1.165, 1.54) is 4.31 Å². The maximum absolute atomic E-state index is 12.6. The van der Waals surface area contributed by atoms with Crippen LogP contribution in [0.5, 0.6) is 0 Å². The normalized spacial score (nSPS) is 21.9. The topological polar surface area (TPSA) is 90.3 Å². The van der Waals surface area contributed by atoms with Gasteiger partial charge < -0.3 is 5.32 Å². The van der Waals surface area contributed by atoms with Crippen LogP contribution >= 0.6 is 0 Å². The highest BCUT2D eigenvalue weighted by Crippen LogP contribution is 2.29. The molecule has 24 heavy (non-hydrogen) atoms. The largest absolute Gasteiger partial charge is 0.334 e. The molecule has 128 valence electrons. The summed E-state index contributed by atoms with van der Waals surface area (Å²) in [5.41, 5.74) is 0.0926. The van der Waals surface area contributed by atoms with Gasteiger partial charge in [-0.2, -0.15) is 5.26 Å². The molecule has 1 aromatic rings. The molecule has 0 aromatic heterocycles. The molecular formula is C17H21N3O3S. The lowest BCUT2D eigenvalue weighted by atomic mass is 9.82. The average molecular weight is 347 g/mol. The van der Waals surface area contributed by atoms with Crippen molar-refractivity contribution in [2.75, 3.05) is 16.6 Å². The summed E-state index contributed by atoms with van der Waals surface area (Å²) in [6, 6.07) is 8.87. The highest BCUT2D eigenvalue weighted by molar-refractivity contribution is 7.93. The molecule has 1 N–H and O–H groups in total. The van der Waals surface area contributed by atoms with Crippen LogP contribution in [-0.4, -0.2) is 32.2 Å². The molecule has 1 saturated heterocycles. The van der Waals surface area contributed by atoms with E-state index in [1.54, 1.807) is 24.3 Å². The minimum atomic E-state index is -3.28. The van der Waals surface area contributed by atoms with Gasteiger partial charge in [-0.25, -0.2) is 8.42 Å². The zero-order chi connectivity index (χ0) is 17.2. The molecule has 0 radical (unpaired) electrons. The Labute approximate surface area is 142 Å². The third-order valence-corrected chi connectivity index (χ3v) is 6.64. The summed E-state index contributed by atoms with van der Waals surface area (Å²) in [5.74, 6) is -0.182. The number of nitrogens with zero attached hydrogens (tertiary/aromatic N) is 2. The van der Waals surface area contributed by atoms with E-state index in [4.69, 9.17) is 0 Å². The maximum atomic E-state index is 12.6. The van der Waals surface area contributed by atoms with Crippen LogP contribution in [0, 0.1) is 11.3 Å². The van der Waals surface area contributed by atoms with Crippen LogP contribution in [-0.2, 0) is 10.0 Å². The van der Waals surface area contributed by atoms with Crippen molar-refractivity contribution in [3.63, 3.8) is 0 Å². The lowest BCUT2D eigenvalue weighted by Crippen LogP contribution is -2.48. The molecule has 1 amide bonds. The minimum Gasteiger partial charge on any atom is -0.334 e. The molecule has 1 saturated carbocycles. The number of amides is 1. The van der Waals surface area contributed by atoms with Crippen LogP contribution in [0.2, 0.25) is 0 Å². The first-order chi connectivity index (χ1) is 11.5. The van der Waals surface area contributed by atoms with Gasteiger partial charge in [-0.3, -0.25) is 9.10 Å². The van der Waals surface area contributed by atoms with Crippen LogP contribution in [0.1, 0.15) is 48.9 Å². The van der Waals surface area contributed by atoms with Crippen molar-refractivity contribution < 1.29 is 13.2 Å². The third-order valence-electron chi connectivity index (χ3n) is 4.77. The van der Waals surface area contributed by atoms with E-state index < -0.39 is 15.6 Å². The van der Waals surface area contributed by atoms with Gasteiger partial charge in [-0.05, 0) is 37.5 Å². The molecule has 1 aromatic carbocycles. The van der Waals surface area contributed by atoms with E-state index in [9.17, 15) is 18.5 Å². The standard InChI is InChI=1S/C17H21N3O3S/c18-13-17(8-2-1-3-9-17)19-16(21)14-6-4-7-15(12-14)20-10-5-11-24(20,22)23/h4,6-7,12H,1-3,5,8-11H2,(H,19,21). The zero-order valence-electron chi connectivity index (χ0n) is 13.5. The Hall–Kier alpha value is -2.07. The molecule has 2 aliphatic rings. The van der Waals surface area contributed by atoms with E-state index in [2.05, 4.69) is 11.4 Å². The fraction of sp³-hybridized carbons (Fsp3) is 0.529. The second-order valence-electron chi connectivity index (χ2n) is 6.50. The second-order valence-corrected chi connectivity index (χ2v) is 8.51. The zero-order valence-corrected chi connectivity index (χ0v) is 14.3. The molecular weight excluding hydrogens is 326 g/mol. The summed E-state index contributed by atoms with van der Waals surface area (Å²) in [6.45, 7) is 0.440. The van der Waals surface area contributed by atoms with Crippen molar-refractivity contribution in [2.45, 2.75) is 44.1 Å². The van der Waals surface area contributed by atoms with Crippen molar-refractivity contribution in [2.24, 2.45) is 0 Å². The molecule has 1 aliphatic carbocycles. The minimum absolute atomic E-state index is 0.140. The molecule has 6 nitrogen and oxygen atoms in total. The van der Waals surface area contributed by atoms with Gasteiger partial charge in [0.25, 0.3) is 5.91 Å². The first-order valence-corrected chi connectivity index (χ1v) is 9.91. The number of sulfonamides is 1. The SMILES string of the molecule is N#CC1(NC(=O)c2cccc(N3CCCS3(=O)=O)c2)CCCCC1. The van der Waals surface area contributed by atoms with Gasteiger partial charge in [0, 0.05) is 12.1 Å². The predicted octanol–water partition coefficient (Wildman–Crippen LogP) is 2.18. The van der Waals surface area contributed by atoms with Crippen molar-refractivity contribution in [1.82, 2.24) is 5.32 Å². The Bertz CT molecular complexity index is 777. The van der Waals surface area contributed by atoms with E-state index in [1.807, 2.05) is 0 Å². The van der Waals surface area contributed by atoms with Gasteiger partial charge in [-0.15, -0.1) is 0 Å². The molecule has 3 rings (SSSR count). The first-order valence-electron chi connectivity index (χ1n) is 8.30. The van der Waals surface area contributed by atoms with Crippen molar-refractivity contribution >= 4 is 21.6 Å². The summed E-state index contributed by atoms with van der Waals surface area (Å²) in [7, 11) is -3.28. The molecule has 0 spiro atoms. The van der Waals surface area contributed by atoms with Crippen molar-refractivity contribution in [1.29, 1.82) is 5.26 Å². The first kappa shape index (κ1) is 16.8. The average Bonchev–Trinajstić information content (AvgIpc) is 2.95. The van der Waals surface area contributed by atoms with Crippen LogP contribution in [0.15, 0.2) is 24.3 Å². The molecule has 2 fully saturated rings. The smallest absolute Gasteiger partial charge is 0.252 e. The number of hydrogen-bond acceptors (Lipinski definition) is 4. The van der Waals surface area contributed by atoms with Crippen LogP contribution < -0.4 is 9.62 Å². The maximum Gasteiger partial charge on any atom is 0.252 e. The molecule has 0 bridgehead atoms. The molecule has 0 unspecified atom stereocenters. The Morgan fingerprint density at radius 2 is 1.96 bits per heavy atom. The van der Waals surface area contributed by atoms with E-state index in [0.29, 0.717) is 37.1 Å². The molecule has 1 heterocycles. The Balaban J connectivity index is 1.81. The van der Waals surface area contributed by atoms with Crippen molar-refractivity contribution in [3.8, 4) is 6.07 Å². The Kier molecular flexibility index (Phi) is 4.50. The van der Waals surface area contributed by atoms with Crippen LogP contribution in [0.3, 0.4) is 0 Å². The number of nitrogens with one attached hydrogen (secondary N) is 1. The fourth-order valence-corrected chi connectivity index (χ4v) is 5.00. The van der Waals surface area contributed by atoms with Crippen molar-refractivity contribution in [3.05, 3.63) is 29.8 Å². The fourth-order valence-electron chi connectivity index (χ4n) is 3.44. The van der Waals surface area contributed by atoms with Gasteiger partial charge >= 0.3 is 0 Å². The summed E-state index contributed by atoms with van der Waals surface area (Å²) in [6.07, 6.45) is 4.86. The summed E-state index contributed by atoms with van der Waals surface area (Å²) >= 11 is 0. The highest BCUT2D eigenvalue weighted by atomic mass is 32.2. The molecule has 7 heteroatoms. The third kappa shape index (κ3) is 3.24. The quantitative estimate of drug-likeness (QED) is 0.907. The second kappa shape index (κ2) is 6.44.